The lowest BCUT2D eigenvalue weighted by atomic mass is 9.46. The van der Waals surface area contributed by atoms with Gasteiger partial charge in [-0.2, -0.15) is 0 Å². The molecule has 10 aliphatic rings. The maximum Gasteiger partial charge on any atom is 0.187 e. The Morgan fingerprint density at radius 3 is 1.73 bits per heavy atom. The van der Waals surface area contributed by atoms with Crippen LogP contribution in [0.25, 0.3) is 0 Å². The second kappa shape index (κ2) is 21.8. The van der Waals surface area contributed by atoms with Crippen molar-refractivity contribution in [3.8, 4) is 0 Å². The van der Waals surface area contributed by atoms with Crippen molar-refractivity contribution in [1.82, 2.24) is 0 Å². The Bertz CT molecular complexity index is 2020. The van der Waals surface area contributed by atoms with E-state index < -0.39 is 167 Å². The van der Waals surface area contributed by atoms with Crippen molar-refractivity contribution in [2.45, 2.75) is 220 Å². The van der Waals surface area contributed by atoms with Gasteiger partial charge in [-0.3, -0.25) is 4.79 Å². The van der Waals surface area contributed by atoms with Crippen LogP contribution in [0.5, 0.6) is 0 Å². The van der Waals surface area contributed by atoms with Crippen LogP contribution >= 0.6 is 0 Å². The van der Waals surface area contributed by atoms with Gasteiger partial charge in [-0.05, 0) is 67.6 Å². The molecule has 428 valence electrons. The molecule has 3 saturated carbocycles. The fourth-order valence-electron chi connectivity index (χ4n) is 15.2. The number of Topliss-reactive ketones (excluding diaryl/α,β-unsaturated/α-hetero) is 1. The first-order valence-electron chi connectivity index (χ1n) is 27.0. The van der Waals surface area contributed by atoms with Crippen molar-refractivity contribution >= 4 is 5.78 Å². The van der Waals surface area contributed by atoms with E-state index >= 15 is 0 Å². The summed E-state index contributed by atoms with van der Waals surface area (Å²) in [5.74, 6) is 0.867. The van der Waals surface area contributed by atoms with E-state index in [4.69, 9.17) is 47.4 Å². The molecule has 6 aliphatic heterocycles. The average Bonchev–Trinajstić information content (AvgIpc) is 3.85. The fourth-order valence-corrected chi connectivity index (χ4v) is 15.2. The minimum absolute atomic E-state index is 0.0405. The molecule has 1 spiro atoms. The van der Waals surface area contributed by atoms with Gasteiger partial charge in [0, 0.05) is 30.1 Å². The molecule has 75 heavy (non-hydrogen) atoms. The molecule has 4 unspecified atom stereocenters. The third-order valence-electron chi connectivity index (χ3n) is 19.7. The van der Waals surface area contributed by atoms with Crippen molar-refractivity contribution in [3.05, 3.63) is 11.6 Å². The molecule has 10 rings (SSSR count). The van der Waals surface area contributed by atoms with E-state index in [9.17, 15) is 71.2 Å². The van der Waals surface area contributed by atoms with Gasteiger partial charge in [-0.1, -0.05) is 39.3 Å². The van der Waals surface area contributed by atoms with Crippen LogP contribution in [0.1, 0.15) is 79.1 Å². The molecular weight excluding hydrogens is 997 g/mol. The first-order chi connectivity index (χ1) is 35.6. The quantitative estimate of drug-likeness (QED) is 0.0833. The average molecular weight is 1080 g/mol. The van der Waals surface area contributed by atoms with Crippen LogP contribution < -0.4 is 0 Å². The number of allylic oxidation sites excluding steroid dienone is 1. The summed E-state index contributed by atoms with van der Waals surface area (Å²) in [6, 6.07) is 0. The number of carbonyl (C=O) groups is 1. The summed E-state index contributed by atoms with van der Waals surface area (Å²) in [4.78, 5) is 14.7. The second-order valence-corrected chi connectivity index (χ2v) is 23.8. The second-order valence-electron chi connectivity index (χ2n) is 23.8. The molecular formula is C51H80O24. The number of fused-ring (bicyclic) bond motifs is 7. The summed E-state index contributed by atoms with van der Waals surface area (Å²) in [7, 11) is 0. The first kappa shape index (κ1) is 56.8. The lowest BCUT2D eigenvalue weighted by molar-refractivity contribution is -0.406. The Balaban J connectivity index is 0.839. The number of aliphatic hydroxyl groups excluding tert-OH is 13. The fraction of sp³-hybridized carbons (Fsp3) is 0.941. The molecule has 0 aromatic rings. The number of carbonyl (C=O) groups excluding carboxylic acids is 1. The summed E-state index contributed by atoms with van der Waals surface area (Å²) in [6.45, 7) is 5.99. The van der Waals surface area contributed by atoms with Crippen LogP contribution in [-0.2, 0) is 52.2 Å². The zero-order valence-electron chi connectivity index (χ0n) is 42.7. The van der Waals surface area contributed by atoms with Crippen molar-refractivity contribution < 1.29 is 119 Å². The Morgan fingerprint density at radius 2 is 1.13 bits per heavy atom. The smallest absolute Gasteiger partial charge is 0.187 e. The molecule has 0 aromatic carbocycles. The van der Waals surface area contributed by atoms with Crippen LogP contribution in [0, 0.1) is 46.3 Å². The normalized spacial score (nSPS) is 56.0. The van der Waals surface area contributed by atoms with Gasteiger partial charge >= 0.3 is 0 Å². The molecule has 0 aromatic heterocycles. The number of aliphatic hydroxyl groups is 13. The minimum atomic E-state index is -2.05. The topological polar surface area (TPSA) is 372 Å². The maximum atomic E-state index is 14.7. The molecule has 4 aliphatic carbocycles. The van der Waals surface area contributed by atoms with Gasteiger partial charge in [0.15, 0.2) is 30.9 Å². The van der Waals surface area contributed by atoms with Gasteiger partial charge in [-0.15, -0.1) is 0 Å². The molecule has 0 amide bonds. The molecule has 24 heteroatoms. The summed E-state index contributed by atoms with van der Waals surface area (Å²) in [5.41, 5.74) is 0.329. The highest BCUT2D eigenvalue weighted by Gasteiger charge is 2.71. The van der Waals surface area contributed by atoms with E-state index in [-0.39, 0.29) is 41.1 Å². The van der Waals surface area contributed by atoms with E-state index in [1.165, 1.54) is 0 Å². The minimum Gasteiger partial charge on any atom is -0.394 e. The zero-order valence-corrected chi connectivity index (χ0v) is 42.7. The SMILES string of the molecule is CC1C2C(C[C@H]3[C@@H]4CC=C5C[C@@H](O[C@@H]6O[C@H](CO)[C@H](O[C@H]7O[C@@H](CO)[C@H](O)[C@@H](O[C@H]8O[C@@H](CO)[C@H](O)[C@@H](O)[C@@H]8O)[C@@H]7O[C@@H]7O[C@H](CO)[C@@H](O)[C@H](O)[C@H]7O)[C@H](O)[C@H]6O)CC[C@]5(C)C4CC(=O)[C@]23C)O[C@]12CC[C@H](C)CO2. The van der Waals surface area contributed by atoms with E-state index in [0.717, 1.165) is 31.3 Å². The van der Waals surface area contributed by atoms with Gasteiger partial charge in [0.1, 0.15) is 103 Å². The third-order valence-corrected chi connectivity index (χ3v) is 19.7. The van der Waals surface area contributed by atoms with Crippen molar-refractivity contribution in [3.63, 3.8) is 0 Å². The van der Waals surface area contributed by atoms with Gasteiger partial charge in [0.05, 0.1) is 45.2 Å². The molecule has 9 fully saturated rings. The molecule has 24 nitrogen and oxygen atoms in total. The summed E-state index contributed by atoms with van der Waals surface area (Å²) in [6.07, 6.45) is -29.0. The van der Waals surface area contributed by atoms with Crippen LogP contribution in [0.3, 0.4) is 0 Å². The summed E-state index contributed by atoms with van der Waals surface area (Å²) in [5, 5.41) is 140. The van der Waals surface area contributed by atoms with Gasteiger partial charge < -0.3 is 114 Å². The van der Waals surface area contributed by atoms with E-state index in [1.807, 2.05) is 0 Å². The molecule has 0 bridgehead atoms. The number of ether oxygens (including phenoxy) is 10. The highest BCUT2D eigenvalue weighted by molar-refractivity contribution is 5.87. The van der Waals surface area contributed by atoms with Crippen molar-refractivity contribution in [2.75, 3.05) is 33.0 Å². The number of rotatable bonds is 12. The van der Waals surface area contributed by atoms with Crippen LogP contribution in [0.4, 0.5) is 0 Å². The van der Waals surface area contributed by atoms with Crippen molar-refractivity contribution in [1.29, 1.82) is 0 Å². The first-order valence-corrected chi connectivity index (χ1v) is 27.0. The van der Waals surface area contributed by atoms with Crippen LogP contribution in [0.15, 0.2) is 11.6 Å². The Kier molecular flexibility index (Phi) is 16.5. The highest BCUT2D eigenvalue weighted by Crippen LogP contribution is 2.70. The highest BCUT2D eigenvalue weighted by atomic mass is 16.8. The third kappa shape index (κ3) is 9.52. The number of hydrogen-bond acceptors (Lipinski definition) is 24. The Hall–Kier alpha value is -1.51. The Morgan fingerprint density at radius 1 is 0.587 bits per heavy atom. The standard InChI is InChI=1S/C51H80O24/c1-19-7-10-51(66-18-19)20(2)32-26(75-51)12-25-23-6-5-21-11-22(8-9-49(21,3)24(23)13-31(56)50(25,32)4)67-45-41(65)38(62)42(30(17-55)71-45)72-48-44(74-47-40(64)37(61)34(58)28(15-53)69-47)43(35(59)29(16-54)70-48)73-46-39(63)36(60)33(57)27(14-52)68-46/h5,19-20,22-30,32-48,52-55,57-65H,6-18H2,1-4H3/t19-,20?,22-,23+,24?,25-,26?,27-,28+,29-,30+,32?,33-,34+,35-,36+,37-,38+,39-,40+,41+,42-,43+,44-,45+,46+,47-,48+,49-,50+,51+/m0/s1. The van der Waals surface area contributed by atoms with Gasteiger partial charge in [0.25, 0.3) is 0 Å². The lowest BCUT2D eigenvalue weighted by Crippen LogP contribution is -2.68. The molecule has 6 saturated heterocycles. The Labute approximate surface area is 434 Å². The van der Waals surface area contributed by atoms with E-state index in [2.05, 4.69) is 33.8 Å². The monoisotopic (exact) mass is 1080 g/mol. The van der Waals surface area contributed by atoms with Gasteiger partial charge in [-0.25, -0.2) is 0 Å². The van der Waals surface area contributed by atoms with E-state index in [1.54, 1.807) is 0 Å². The predicted octanol–water partition coefficient (Wildman–Crippen LogP) is -3.81. The summed E-state index contributed by atoms with van der Waals surface area (Å²) >= 11 is 0. The van der Waals surface area contributed by atoms with Crippen molar-refractivity contribution in [2.24, 2.45) is 46.3 Å². The maximum absolute atomic E-state index is 14.7. The largest absolute Gasteiger partial charge is 0.394 e. The van der Waals surface area contributed by atoms with Gasteiger partial charge in [0.2, 0.25) is 0 Å². The van der Waals surface area contributed by atoms with Crippen LogP contribution in [-0.4, -0.2) is 246 Å². The molecule has 13 N–H and O–H groups in total. The zero-order chi connectivity index (χ0) is 53.8. The predicted molar refractivity (Wildman–Crippen MR) is 249 cm³/mol. The molecule has 0 radical (unpaired) electrons. The molecule has 31 atom stereocenters. The lowest BCUT2D eigenvalue weighted by Gasteiger charge is -2.58. The van der Waals surface area contributed by atoms with Crippen LogP contribution in [0.2, 0.25) is 0 Å². The summed E-state index contributed by atoms with van der Waals surface area (Å²) < 4.78 is 61.1. The number of ketones is 1. The van der Waals surface area contributed by atoms with E-state index in [0.29, 0.717) is 44.0 Å². The number of hydrogen-bond donors (Lipinski definition) is 13. The molecule has 6 heterocycles.